The highest BCUT2D eigenvalue weighted by atomic mass is 19.4. The number of Topliss-reactive ketones (excluding diaryl/α,β-unsaturated/α-hetero) is 1. The normalized spacial score (nSPS) is 15.7. The number of rotatable bonds is 1. The minimum atomic E-state index is -5.06. The van der Waals surface area contributed by atoms with Gasteiger partial charge in [0, 0.05) is 13.1 Å². The van der Waals surface area contributed by atoms with E-state index in [0.29, 0.717) is 18.8 Å². The highest BCUT2D eigenvalue weighted by molar-refractivity contribution is 6.38. The van der Waals surface area contributed by atoms with Gasteiger partial charge in [0.2, 0.25) is 0 Å². The highest BCUT2D eigenvalue weighted by Gasteiger charge is 2.45. The van der Waals surface area contributed by atoms with Crippen molar-refractivity contribution in [2.75, 3.05) is 13.1 Å². The zero-order valence-electron chi connectivity index (χ0n) is 12.3. The third kappa shape index (κ3) is 7.18. The maximum atomic E-state index is 11.9. The highest BCUT2D eigenvalue weighted by Crippen LogP contribution is 2.20. The third-order valence-electron chi connectivity index (χ3n) is 2.52. The molecule has 1 saturated heterocycles. The maximum Gasteiger partial charge on any atom is 0.460 e. The van der Waals surface area contributed by atoms with Gasteiger partial charge in [-0.15, -0.1) is 0 Å². The number of hydrogen-bond donors (Lipinski definition) is 0. The lowest BCUT2D eigenvalue weighted by atomic mass is 9.99. The molecule has 0 N–H and O–H groups in total. The minimum absolute atomic E-state index is 0.238. The van der Waals surface area contributed by atoms with E-state index in [2.05, 4.69) is 0 Å². The first-order chi connectivity index (χ1) is 8.82. The van der Waals surface area contributed by atoms with Gasteiger partial charge in [-0.2, -0.15) is 13.2 Å². The molecule has 1 rings (SSSR count). The molecule has 0 aliphatic carbocycles. The van der Waals surface area contributed by atoms with E-state index in [1.165, 1.54) is 0 Å². The zero-order valence-corrected chi connectivity index (χ0v) is 12.3. The van der Waals surface area contributed by atoms with Crippen LogP contribution in [0.3, 0.4) is 0 Å². The Kier molecular flexibility index (Phi) is 10.5. The molecule has 3 nitrogen and oxygen atoms in total. The van der Waals surface area contributed by atoms with Gasteiger partial charge >= 0.3 is 12.0 Å². The fourth-order valence-electron chi connectivity index (χ4n) is 1.48. The van der Waals surface area contributed by atoms with Crippen LogP contribution in [0, 0.1) is 5.92 Å². The molecule has 1 heterocycles. The lowest BCUT2D eigenvalue weighted by molar-refractivity contribution is -0.178. The van der Waals surface area contributed by atoms with Crippen LogP contribution in [0.25, 0.3) is 0 Å². The van der Waals surface area contributed by atoms with Gasteiger partial charge in [0.15, 0.2) is 0 Å². The van der Waals surface area contributed by atoms with E-state index in [0.717, 1.165) is 4.90 Å². The molecule has 1 aliphatic heterocycles. The second-order valence-electron chi connectivity index (χ2n) is 3.80. The number of carbonyl (C=O) groups excluding carboxylic acids is 2. The number of ketones is 1. The van der Waals surface area contributed by atoms with Crippen molar-refractivity contribution in [3.63, 3.8) is 0 Å². The first-order valence-corrected chi connectivity index (χ1v) is 6.73. The molecular formula is C13H24F3NO2. The van der Waals surface area contributed by atoms with E-state index >= 15 is 0 Å². The summed E-state index contributed by atoms with van der Waals surface area (Å²) in [6, 6.07) is 0. The van der Waals surface area contributed by atoms with E-state index in [1.807, 2.05) is 34.6 Å². The first-order valence-electron chi connectivity index (χ1n) is 6.73. The van der Waals surface area contributed by atoms with Crippen molar-refractivity contribution in [2.45, 2.75) is 53.6 Å². The Labute approximate surface area is 113 Å². The van der Waals surface area contributed by atoms with E-state index in [-0.39, 0.29) is 13.1 Å². The molecule has 114 valence electrons. The number of likely N-dealkylation sites (tertiary alicyclic amines) is 1. The smallest absolute Gasteiger partial charge is 0.336 e. The maximum absolute atomic E-state index is 11.9. The molecule has 0 aromatic carbocycles. The Bertz CT molecular complexity index is 270. The predicted octanol–water partition coefficient (Wildman–Crippen LogP) is 3.43. The van der Waals surface area contributed by atoms with E-state index in [1.54, 1.807) is 0 Å². The zero-order chi connectivity index (χ0) is 15.6. The summed E-state index contributed by atoms with van der Waals surface area (Å²) in [5.41, 5.74) is 0. The third-order valence-corrected chi connectivity index (χ3v) is 2.52. The standard InChI is InChI=1S/C9H12F3NO2.2C2H6/c1-6-2-4-13(5-3-6)8(15)7(14)9(10,11)12;2*1-2/h6H,2-5H2,1H3;2*1-2H3. The topological polar surface area (TPSA) is 37.4 Å². The summed E-state index contributed by atoms with van der Waals surface area (Å²) in [7, 11) is 0. The quantitative estimate of drug-likeness (QED) is 0.691. The second-order valence-corrected chi connectivity index (χ2v) is 3.80. The van der Waals surface area contributed by atoms with Crippen LogP contribution < -0.4 is 0 Å². The molecule has 1 aliphatic rings. The minimum Gasteiger partial charge on any atom is -0.336 e. The van der Waals surface area contributed by atoms with Crippen molar-refractivity contribution >= 4 is 11.7 Å². The number of carbonyl (C=O) groups is 2. The second kappa shape index (κ2) is 9.81. The van der Waals surface area contributed by atoms with Gasteiger partial charge in [0.05, 0.1) is 0 Å². The monoisotopic (exact) mass is 283 g/mol. The summed E-state index contributed by atoms with van der Waals surface area (Å²) in [5.74, 6) is -3.29. The number of alkyl halides is 3. The molecule has 0 bridgehead atoms. The van der Waals surface area contributed by atoms with Crippen LogP contribution in [0.2, 0.25) is 0 Å². The van der Waals surface area contributed by atoms with Crippen LogP contribution in [0.4, 0.5) is 13.2 Å². The van der Waals surface area contributed by atoms with Crippen molar-refractivity contribution in [3.05, 3.63) is 0 Å². The Morgan fingerprint density at radius 2 is 1.37 bits per heavy atom. The van der Waals surface area contributed by atoms with Crippen LogP contribution in [-0.4, -0.2) is 35.9 Å². The van der Waals surface area contributed by atoms with Crippen molar-refractivity contribution in [3.8, 4) is 0 Å². The average Bonchev–Trinajstić information content (AvgIpc) is 2.41. The molecule has 0 unspecified atom stereocenters. The van der Waals surface area contributed by atoms with Crippen LogP contribution in [-0.2, 0) is 9.59 Å². The molecule has 1 fully saturated rings. The lowest BCUT2D eigenvalue weighted by Crippen LogP contribution is -2.46. The molecule has 0 aromatic rings. The van der Waals surface area contributed by atoms with Gasteiger partial charge in [-0.3, -0.25) is 9.59 Å². The van der Waals surface area contributed by atoms with Gasteiger partial charge < -0.3 is 4.90 Å². The summed E-state index contributed by atoms with van der Waals surface area (Å²) in [6.45, 7) is 10.4. The van der Waals surface area contributed by atoms with Crippen molar-refractivity contribution < 1.29 is 22.8 Å². The molecule has 0 spiro atoms. The van der Waals surface area contributed by atoms with Crippen LogP contribution in [0.1, 0.15) is 47.5 Å². The summed E-state index contributed by atoms with van der Waals surface area (Å²) < 4.78 is 35.8. The number of halogens is 3. The molecular weight excluding hydrogens is 259 g/mol. The fourth-order valence-corrected chi connectivity index (χ4v) is 1.48. The number of nitrogens with zero attached hydrogens (tertiary/aromatic N) is 1. The molecule has 19 heavy (non-hydrogen) atoms. The SMILES string of the molecule is CC.CC.CC1CCN(C(=O)C(=O)C(F)(F)F)CC1. The van der Waals surface area contributed by atoms with Gasteiger partial charge in [0.1, 0.15) is 0 Å². The number of piperidine rings is 1. The summed E-state index contributed by atoms with van der Waals surface area (Å²) in [6.07, 6.45) is -3.76. The summed E-state index contributed by atoms with van der Waals surface area (Å²) >= 11 is 0. The predicted molar refractivity (Wildman–Crippen MR) is 68.7 cm³/mol. The number of hydrogen-bond acceptors (Lipinski definition) is 2. The van der Waals surface area contributed by atoms with Gasteiger partial charge in [0.25, 0.3) is 5.91 Å². The first kappa shape index (κ1) is 20.3. The average molecular weight is 283 g/mol. The molecule has 0 saturated carbocycles. The van der Waals surface area contributed by atoms with Crippen LogP contribution in [0.5, 0.6) is 0 Å². The van der Waals surface area contributed by atoms with E-state index in [9.17, 15) is 22.8 Å². The summed E-state index contributed by atoms with van der Waals surface area (Å²) in [5, 5.41) is 0. The summed E-state index contributed by atoms with van der Waals surface area (Å²) in [4.78, 5) is 22.7. The lowest BCUT2D eigenvalue weighted by Gasteiger charge is -2.29. The Hall–Kier alpha value is -1.07. The fraction of sp³-hybridized carbons (Fsp3) is 0.846. The molecule has 1 amide bonds. The van der Waals surface area contributed by atoms with Gasteiger partial charge in [-0.05, 0) is 18.8 Å². The van der Waals surface area contributed by atoms with Crippen molar-refractivity contribution in [1.82, 2.24) is 4.90 Å². The van der Waals surface area contributed by atoms with Crippen molar-refractivity contribution in [1.29, 1.82) is 0 Å². The molecule has 0 aromatic heterocycles. The van der Waals surface area contributed by atoms with Gasteiger partial charge in [-0.25, -0.2) is 0 Å². The van der Waals surface area contributed by atoms with Crippen LogP contribution in [0.15, 0.2) is 0 Å². The van der Waals surface area contributed by atoms with E-state index < -0.39 is 17.9 Å². The molecule has 6 heteroatoms. The molecule has 0 atom stereocenters. The molecule has 0 radical (unpaired) electrons. The Balaban J connectivity index is 0. The Morgan fingerprint density at radius 3 is 1.68 bits per heavy atom. The Morgan fingerprint density at radius 1 is 1.00 bits per heavy atom. The van der Waals surface area contributed by atoms with Gasteiger partial charge in [-0.1, -0.05) is 34.6 Å². The van der Waals surface area contributed by atoms with E-state index in [4.69, 9.17) is 0 Å². The largest absolute Gasteiger partial charge is 0.460 e. The number of amides is 1. The van der Waals surface area contributed by atoms with Crippen molar-refractivity contribution in [2.24, 2.45) is 5.92 Å². The van der Waals surface area contributed by atoms with Crippen LogP contribution >= 0.6 is 0 Å².